The van der Waals surface area contributed by atoms with Crippen LogP contribution in [0.2, 0.25) is 0 Å². The Kier molecular flexibility index (Phi) is 7.82. The van der Waals surface area contributed by atoms with Gasteiger partial charge in [0.15, 0.2) is 0 Å². The van der Waals surface area contributed by atoms with E-state index < -0.39 is 0 Å². The molecule has 0 amide bonds. The van der Waals surface area contributed by atoms with Crippen LogP contribution in [0.3, 0.4) is 0 Å². The Labute approximate surface area is 325 Å². The summed E-state index contributed by atoms with van der Waals surface area (Å²) in [7, 11) is 0. The molecule has 0 aromatic heterocycles. The lowest BCUT2D eigenvalue weighted by Crippen LogP contribution is -2.09. The standard InChI is InChI=1S/C48H33Br3/c49-31-19-13-28(14-20-31)25-40-34-7-1-4-10-37(34)43-46(40)44-38-11-5-2-8-35(38)42(27-30-17-23-33(51)24-18-30)48(44)45-39-12-6-3-9-36(39)41(47(43)45)26-29-15-21-32(50)22-16-29/h1-24,40-42H,25-27H2/t40-,41-,42-/m0/s1. The van der Waals surface area contributed by atoms with Crippen LogP contribution in [0.1, 0.15) is 67.8 Å². The molecule has 51 heavy (non-hydrogen) atoms. The lowest BCUT2D eigenvalue weighted by atomic mass is 9.78. The summed E-state index contributed by atoms with van der Waals surface area (Å²) in [6, 6.07) is 54.9. The van der Waals surface area contributed by atoms with Gasteiger partial charge in [-0.2, -0.15) is 0 Å². The van der Waals surface area contributed by atoms with E-state index in [1.54, 1.807) is 0 Å². The summed E-state index contributed by atoms with van der Waals surface area (Å²) in [6.45, 7) is 0. The van der Waals surface area contributed by atoms with Gasteiger partial charge in [0.1, 0.15) is 0 Å². The lowest BCUT2D eigenvalue weighted by Gasteiger charge is -2.25. The summed E-state index contributed by atoms with van der Waals surface area (Å²) < 4.78 is 3.36. The van der Waals surface area contributed by atoms with Gasteiger partial charge in [0, 0.05) is 31.2 Å². The molecule has 3 aliphatic carbocycles. The van der Waals surface area contributed by atoms with Gasteiger partial charge in [-0.25, -0.2) is 0 Å². The van der Waals surface area contributed by atoms with Crippen molar-refractivity contribution in [2.45, 2.75) is 37.0 Å². The van der Waals surface area contributed by atoms with E-state index in [4.69, 9.17) is 0 Å². The molecule has 3 atom stereocenters. The highest BCUT2D eigenvalue weighted by atomic mass is 79.9. The normalized spacial score (nSPS) is 17.4. The van der Waals surface area contributed by atoms with Gasteiger partial charge in [-0.3, -0.25) is 0 Å². The molecule has 0 fully saturated rings. The van der Waals surface area contributed by atoms with Crippen LogP contribution in [0.25, 0.3) is 33.4 Å². The summed E-state index contributed by atoms with van der Waals surface area (Å²) in [5.41, 5.74) is 21.8. The minimum absolute atomic E-state index is 0.257. The lowest BCUT2D eigenvalue weighted by molar-refractivity contribution is 0.802. The molecule has 246 valence electrons. The molecule has 10 rings (SSSR count). The Morgan fingerprint density at radius 3 is 0.843 bits per heavy atom. The smallest absolute Gasteiger partial charge is 0.0175 e. The number of hydrogen-bond acceptors (Lipinski definition) is 0. The first-order valence-electron chi connectivity index (χ1n) is 17.8. The molecule has 3 aliphatic rings. The summed E-state index contributed by atoms with van der Waals surface area (Å²) >= 11 is 11.1. The Morgan fingerprint density at radius 2 is 0.569 bits per heavy atom. The number of benzene rings is 7. The number of fused-ring (bicyclic) bond motifs is 12. The summed E-state index contributed by atoms with van der Waals surface area (Å²) in [5.74, 6) is 0.772. The number of halogens is 3. The van der Waals surface area contributed by atoms with E-state index in [-0.39, 0.29) is 17.8 Å². The van der Waals surface area contributed by atoms with Crippen molar-refractivity contribution in [1.29, 1.82) is 0 Å². The van der Waals surface area contributed by atoms with Crippen LogP contribution < -0.4 is 0 Å². The molecular formula is C48H33Br3. The molecule has 0 unspecified atom stereocenters. The highest BCUT2D eigenvalue weighted by molar-refractivity contribution is 9.11. The molecule has 0 heterocycles. The van der Waals surface area contributed by atoms with Crippen molar-refractivity contribution in [3.63, 3.8) is 0 Å². The predicted octanol–water partition coefficient (Wildman–Crippen LogP) is 14.0. The van der Waals surface area contributed by atoms with E-state index in [1.807, 2.05) is 0 Å². The third-order valence-corrected chi connectivity index (χ3v) is 13.1. The van der Waals surface area contributed by atoms with Crippen LogP contribution in [0.5, 0.6) is 0 Å². The van der Waals surface area contributed by atoms with Gasteiger partial charge in [0.2, 0.25) is 0 Å². The fourth-order valence-corrected chi connectivity index (χ4v) is 10.3. The van der Waals surface area contributed by atoms with Gasteiger partial charge in [0.25, 0.3) is 0 Å². The first-order valence-corrected chi connectivity index (χ1v) is 20.2. The van der Waals surface area contributed by atoms with E-state index in [1.165, 1.54) is 83.5 Å². The number of rotatable bonds is 6. The molecule has 0 saturated carbocycles. The molecule has 0 nitrogen and oxygen atoms in total. The molecule has 7 aromatic rings. The molecule has 0 saturated heterocycles. The van der Waals surface area contributed by atoms with Crippen LogP contribution in [0.4, 0.5) is 0 Å². The van der Waals surface area contributed by atoms with E-state index in [9.17, 15) is 0 Å². The van der Waals surface area contributed by atoms with E-state index in [2.05, 4.69) is 193 Å². The fourth-order valence-electron chi connectivity index (χ4n) is 9.48. The molecule has 0 aliphatic heterocycles. The van der Waals surface area contributed by atoms with Gasteiger partial charge in [-0.15, -0.1) is 0 Å². The SMILES string of the molecule is Brc1ccc(C[C@H]2c3ccccc3-c3c2c2c(c4c3[C@@H](Cc3ccc(Br)cc3)c3ccccc3-4)[C@@H](Cc3ccc(Br)cc3)c3ccccc3-2)cc1. The van der Waals surface area contributed by atoms with Crippen molar-refractivity contribution >= 4 is 47.8 Å². The maximum atomic E-state index is 3.69. The minimum Gasteiger partial charge on any atom is -0.0619 e. The number of hydrogen-bond donors (Lipinski definition) is 0. The van der Waals surface area contributed by atoms with Gasteiger partial charge in [-0.05, 0) is 139 Å². The maximum absolute atomic E-state index is 3.69. The summed E-state index contributed by atoms with van der Waals surface area (Å²) in [6.07, 6.45) is 2.89. The zero-order valence-corrected chi connectivity index (χ0v) is 32.6. The molecule has 7 aromatic carbocycles. The van der Waals surface area contributed by atoms with Gasteiger partial charge < -0.3 is 0 Å². The quantitative estimate of drug-likeness (QED) is 0.156. The second-order valence-electron chi connectivity index (χ2n) is 14.3. The molecular weight excluding hydrogens is 816 g/mol. The van der Waals surface area contributed by atoms with E-state index in [0.717, 1.165) is 32.7 Å². The van der Waals surface area contributed by atoms with Crippen molar-refractivity contribution in [1.82, 2.24) is 0 Å². The molecule has 0 radical (unpaired) electrons. The molecule has 0 N–H and O–H groups in total. The third-order valence-electron chi connectivity index (χ3n) is 11.5. The third kappa shape index (κ3) is 5.18. The van der Waals surface area contributed by atoms with Crippen molar-refractivity contribution in [3.05, 3.63) is 209 Å². The Bertz CT molecular complexity index is 2180. The Morgan fingerprint density at radius 1 is 0.314 bits per heavy atom. The van der Waals surface area contributed by atoms with Gasteiger partial charge in [0.05, 0.1) is 0 Å². The second kappa shape index (κ2) is 12.6. The Hall–Kier alpha value is -4.02. The van der Waals surface area contributed by atoms with Crippen LogP contribution in [-0.2, 0) is 19.3 Å². The molecule has 0 bridgehead atoms. The fraction of sp³-hybridized carbons (Fsp3) is 0.125. The monoisotopic (exact) mass is 846 g/mol. The Balaban J connectivity index is 1.30. The highest BCUT2D eigenvalue weighted by Crippen LogP contribution is 2.65. The van der Waals surface area contributed by atoms with Crippen LogP contribution in [0, 0.1) is 0 Å². The van der Waals surface area contributed by atoms with E-state index >= 15 is 0 Å². The van der Waals surface area contributed by atoms with Crippen LogP contribution in [-0.4, -0.2) is 0 Å². The molecule has 0 spiro atoms. The van der Waals surface area contributed by atoms with Crippen molar-refractivity contribution in [2.75, 3.05) is 0 Å². The zero-order chi connectivity index (χ0) is 34.2. The highest BCUT2D eigenvalue weighted by Gasteiger charge is 2.46. The first-order chi connectivity index (χ1) is 25.0. The average molecular weight is 850 g/mol. The topological polar surface area (TPSA) is 0 Å². The van der Waals surface area contributed by atoms with Crippen molar-refractivity contribution < 1.29 is 0 Å². The predicted molar refractivity (Wildman–Crippen MR) is 222 cm³/mol. The van der Waals surface area contributed by atoms with Gasteiger partial charge >= 0.3 is 0 Å². The van der Waals surface area contributed by atoms with Crippen LogP contribution >= 0.6 is 47.8 Å². The summed E-state index contributed by atoms with van der Waals surface area (Å²) in [4.78, 5) is 0. The first kappa shape index (κ1) is 31.7. The summed E-state index contributed by atoms with van der Waals surface area (Å²) in [5, 5.41) is 0. The van der Waals surface area contributed by atoms with Crippen molar-refractivity contribution in [3.8, 4) is 33.4 Å². The zero-order valence-electron chi connectivity index (χ0n) is 27.8. The average Bonchev–Trinajstić information content (AvgIpc) is 3.77. The second-order valence-corrected chi connectivity index (χ2v) is 17.0. The molecule has 3 heteroatoms. The minimum atomic E-state index is 0.257. The largest absolute Gasteiger partial charge is 0.0619 e. The van der Waals surface area contributed by atoms with Gasteiger partial charge in [-0.1, -0.05) is 157 Å². The van der Waals surface area contributed by atoms with E-state index in [0.29, 0.717) is 0 Å². The van der Waals surface area contributed by atoms with Crippen molar-refractivity contribution in [2.24, 2.45) is 0 Å². The maximum Gasteiger partial charge on any atom is 0.0175 e. The van der Waals surface area contributed by atoms with Crippen LogP contribution in [0.15, 0.2) is 159 Å².